The van der Waals surface area contributed by atoms with Gasteiger partial charge in [-0.1, -0.05) is 28.1 Å². The molecule has 0 aliphatic heterocycles. The fourth-order valence-electron chi connectivity index (χ4n) is 1.82. The number of nitrogens with one attached hydrogen (secondary N) is 2. The number of carbonyl (C=O) groups is 1. The summed E-state index contributed by atoms with van der Waals surface area (Å²) in [5, 5.41) is 5.99. The zero-order valence-corrected chi connectivity index (χ0v) is 12.8. The summed E-state index contributed by atoms with van der Waals surface area (Å²) in [4.78, 5) is 16.4. The lowest BCUT2D eigenvalue weighted by Gasteiger charge is -2.10. The Hall–Kier alpha value is -1.88. The van der Waals surface area contributed by atoms with Crippen molar-refractivity contribution in [3.8, 4) is 0 Å². The third-order valence-corrected chi connectivity index (χ3v) is 3.23. The number of nitrogens with zero attached hydrogens (tertiary/aromatic N) is 1. The molecule has 2 aromatic rings. The summed E-state index contributed by atoms with van der Waals surface area (Å²) in [6.07, 6.45) is 1.67. The largest absolute Gasteiger partial charge is 0.370 e. The molecule has 0 aliphatic carbocycles. The zero-order valence-electron chi connectivity index (χ0n) is 11.2. The predicted molar refractivity (Wildman–Crippen MR) is 83.7 cm³/mol. The van der Waals surface area contributed by atoms with Crippen molar-refractivity contribution in [1.82, 2.24) is 10.3 Å². The summed E-state index contributed by atoms with van der Waals surface area (Å²) in [5.74, 6) is 0.482. The smallest absolute Gasteiger partial charge is 0.255 e. The summed E-state index contributed by atoms with van der Waals surface area (Å²) in [6.45, 7) is 3.18. The standard InChI is InChI=1S/C15H16BrN3O/c1-2-17-14-13(7-4-8-18-14)15(20)19-10-11-5-3-6-12(16)9-11/h3-9H,2,10H2,1H3,(H,17,18)(H,19,20). The van der Waals surface area contributed by atoms with Gasteiger partial charge in [0.25, 0.3) is 5.91 Å². The monoisotopic (exact) mass is 333 g/mol. The van der Waals surface area contributed by atoms with Crippen LogP contribution in [0.1, 0.15) is 22.8 Å². The molecule has 4 nitrogen and oxygen atoms in total. The Labute approximate surface area is 126 Å². The lowest BCUT2D eigenvalue weighted by Crippen LogP contribution is -2.24. The van der Waals surface area contributed by atoms with Crippen molar-refractivity contribution in [3.05, 3.63) is 58.2 Å². The Morgan fingerprint density at radius 2 is 2.15 bits per heavy atom. The van der Waals surface area contributed by atoms with Gasteiger partial charge >= 0.3 is 0 Å². The molecule has 2 N–H and O–H groups in total. The summed E-state index contributed by atoms with van der Waals surface area (Å²) in [7, 11) is 0. The van der Waals surface area contributed by atoms with Crippen LogP contribution in [0.4, 0.5) is 5.82 Å². The maximum absolute atomic E-state index is 12.2. The van der Waals surface area contributed by atoms with E-state index >= 15 is 0 Å². The second-order valence-electron chi connectivity index (χ2n) is 4.24. The summed E-state index contributed by atoms with van der Waals surface area (Å²) < 4.78 is 0.999. The van der Waals surface area contributed by atoms with Gasteiger partial charge in [-0.2, -0.15) is 0 Å². The fraction of sp³-hybridized carbons (Fsp3) is 0.200. The lowest BCUT2D eigenvalue weighted by molar-refractivity contribution is 0.0951. The highest BCUT2D eigenvalue weighted by Gasteiger charge is 2.11. The van der Waals surface area contributed by atoms with Gasteiger partial charge in [-0.15, -0.1) is 0 Å². The van der Waals surface area contributed by atoms with Crippen LogP contribution in [0.3, 0.4) is 0 Å². The quantitative estimate of drug-likeness (QED) is 0.883. The Bertz CT molecular complexity index is 601. The number of hydrogen-bond acceptors (Lipinski definition) is 3. The molecule has 0 radical (unpaired) electrons. The fourth-order valence-corrected chi connectivity index (χ4v) is 2.27. The van der Waals surface area contributed by atoms with Crippen LogP contribution in [-0.2, 0) is 6.54 Å². The molecule has 0 atom stereocenters. The van der Waals surface area contributed by atoms with E-state index in [0.29, 0.717) is 17.9 Å². The minimum Gasteiger partial charge on any atom is -0.370 e. The topological polar surface area (TPSA) is 54.0 Å². The van der Waals surface area contributed by atoms with Gasteiger partial charge in [-0.05, 0) is 36.8 Å². The van der Waals surface area contributed by atoms with Crippen molar-refractivity contribution in [2.75, 3.05) is 11.9 Å². The first-order valence-electron chi connectivity index (χ1n) is 6.42. The van der Waals surface area contributed by atoms with Crippen LogP contribution < -0.4 is 10.6 Å². The highest BCUT2D eigenvalue weighted by molar-refractivity contribution is 9.10. The van der Waals surface area contributed by atoms with E-state index in [-0.39, 0.29) is 5.91 Å². The second-order valence-corrected chi connectivity index (χ2v) is 5.16. The third-order valence-electron chi connectivity index (χ3n) is 2.74. The van der Waals surface area contributed by atoms with Crippen molar-refractivity contribution in [3.63, 3.8) is 0 Å². The van der Waals surface area contributed by atoms with Gasteiger partial charge in [0.1, 0.15) is 5.82 Å². The molecule has 0 bridgehead atoms. The Morgan fingerprint density at radius 1 is 1.30 bits per heavy atom. The average Bonchev–Trinajstić information content (AvgIpc) is 2.46. The minimum absolute atomic E-state index is 0.131. The third kappa shape index (κ3) is 3.81. The van der Waals surface area contributed by atoms with Crippen LogP contribution in [0, 0.1) is 0 Å². The van der Waals surface area contributed by atoms with E-state index in [9.17, 15) is 4.79 Å². The van der Waals surface area contributed by atoms with E-state index in [1.165, 1.54) is 0 Å². The molecule has 1 aromatic heterocycles. The Morgan fingerprint density at radius 3 is 2.90 bits per heavy atom. The lowest BCUT2D eigenvalue weighted by atomic mass is 10.2. The molecule has 20 heavy (non-hydrogen) atoms. The van der Waals surface area contributed by atoms with Gasteiger partial charge in [0.05, 0.1) is 5.56 Å². The van der Waals surface area contributed by atoms with E-state index in [4.69, 9.17) is 0 Å². The summed E-state index contributed by atoms with van der Waals surface area (Å²) in [6, 6.07) is 11.4. The van der Waals surface area contributed by atoms with E-state index < -0.39 is 0 Å². The van der Waals surface area contributed by atoms with E-state index in [2.05, 4.69) is 31.5 Å². The highest BCUT2D eigenvalue weighted by atomic mass is 79.9. The molecule has 0 unspecified atom stereocenters. The number of benzene rings is 1. The van der Waals surface area contributed by atoms with Crippen LogP contribution in [-0.4, -0.2) is 17.4 Å². The molecule has 0 saturated heterocycles. The number of halogens is 1. The number of pyridine rings is 1. The molecule has 1 amide bonds. The first kappa shape index (κ1) is 14.5. The van der Waals surface area contributed by atoms with E-state index in [1.54, 1.807) is 18.3 Å². The van der Waals surface area contributed by atoms with Gasteiger partial charge in [0.2, 0.25) is 0 Å². The van der Waals surface area contributed by atoms with Crippen LogP contribution in [0.25, 0.3) is 0 Å². The summed E-state index contributed by atoms with van der Waals surface area (Å²) >= 11 is 3.41. The SMILES string of the molecule is CCNc1ncccc1C(=O)NCc1cccc(Br)c1. The molecule has 1 heterocycles. The predicted octanol–water partition coefficient (Wildman–Crippen LogP) is 3.21. The van der Waals surface area contributed by atoms with E-state index in [1.807, 2.05) is 31.2 Å². The molecule has 1 aromatic carbocycles. The number of anilines is 1. The van der Waals surface area contributed by atoms with Gasteiger partial charge in [0, 0.05) is 23.8 Å². The molecule has 104 valence electrons. The molecule has 2 rings (SSSR count). The zero-order chi connectivity index (χ0) is 14.4. The maximum Gasteiger partial charge on any atom is 0.255 e. The average molecular weight is 334 g/mol. The molecule has 0 saturated carbocycles. The van der Waals surface area contributed by atoms with Crippen LogP contribution in [0.15, 0.2) is 47.1 Å². The first-order valence-corrected chi connectivity index (χ1v) is 7.21. The highest BCUT2D eigenvalue weighted by Crippen LogP contribution is 2.13. The van der Waals surface area contributed by atoms with Crippen molar-refractivity contribution >= 4 is 27.7 Å². The second kappa shape index (κ2) is 7.05. The minimum atomic E-state index is -0.131. The van der Waals surface area contributed by atoms with Gasteiger partial charge in [0.15, 0.2) is 0 Å². The normalized spacial score (nSPS) is 10.1. The Kier molecular flexibility index (Phi) is 5.12. The Balaban J connectivity index is 2.05. The molecular formula is C15H16BrN3O. The molecular weight excluding hydrogens is 318 g/mol. The van der Waals surface area contributed by atoms with Gasteiger partial charge in [-0.3, -0.25) is 4.79 Å². The summed E-state index contributed by atoms with van der Waals surface area (Å²) in [5.41, 5.74) is 1.60. The first-order chi connectivity index (χ1) is 9.70. The number of amides is 1. The maximum atomic E-state index is 12.2. The number of hydrogen-bond donors (Lipinski definition) is 2. The van der Waals surface area contributed by atoms with Crippen molar-refractivity contribution in [2.24, 2.45) is 0 Å². The molecule has 0 spiro atoms. The van der Waals surface area contributed by atoms with Crippen LogP contribution >= 0.6 is 15.9 Å². The van der Waals surface area contributed by atoms with Gasteiger partial charge in [-0.25, -0.2) is 4.98 Å². The molecule has 0 fully saturated rings. The number of carbonyl (C=O) groups excluding carboxylic acids is 1. The number of aromatic nitrogens is 1. The molecule has 5 heteroatoms. The van der Waals surface area contributed by atoms with Gasteiger partial charge < -0.3 is 10.6 Å². The van der Waals surface area contributed by atoms with Crippen LogP contribution in [0.5, 0.6) is 0 Å². The van der Waals surface area contributed by atoms with Crippen molar-refractivity contribution in [1.29, 1.82) is 0 Å². The molecule has 0 aliphatic rings. The van der Waals surface area contributed by atoms with Crippen LogP contribution in [0.2, 0.25) is 0 Å². The van der Waals surface area contributed by atoms with E-state index in [0.717, 1.165) is 16.6 Å². The van der Waals surface area contributed by atoms with Crippen molar-refractivity contribution < 1.29 is 4.79 Å². The van der Waals surface area contributed by atoms with Crippen molar-refractivity contribution in [2.45, 2.75) is 13.5 Å². The number of rotatable bonds is 5.